The molecule has 0 radical (unpaired) electrons. The summed E-state index contributed by atoms with van der Waals surface area (Å²) in [6.45, 7) is 6.38. The van der Waals surface area contributed by atoms with Gasteiger partial charge in [0.05, 0.1) is 18.8 Å². The van der Waals surface area contributed by atoms with Gasteiger partial charge in [0, 0.05) is 10.9 Å². The maximum Gasteiger partial charge on any atom is 0.411 e. The van der Waals surface area contributed by atoms with Crippen LogP contribution in [0.5, 0.6) is 0 Å². The van der Waals surface area contributed by atoms with Crippen molar-refractivity contribution in [2.24, 2.45) is 0 Å². The van der Waals surface area contributed by atoms with Gasteiger partial charge in [-0.05, 0) is 81.7 Å². The van der Waals surface area contributed by atoms with Crippen LogP contribution in [0.15, 0.2) is 48.5 Å². The molecule has 3 aromatic rings. The van der Waals surface area contributed by atoms with Crippen LogP contribution in [0, 0.1) is 0 Å². The molecule has 2 heterocycles. The van der Waals surface area contributed by atoms with Gasteiger partial charge in [-0.25, -0.2) is 4.79 Å². The number of hydrogen-bond donors (Lipinski definition) is 0. The van der Waals surface area contributed by atoms with Crippen molar-refractivity contribution in [2.45, 2.75) is 77.0 Å². The number of nitrogens with zero attached hydrogens (tertiary/aromatic N) is 4. The number of benzene rings is 2. The zero-order valence-corrected chi connectivity index (χ0v) is 20.8. The van der Waals surface area contributed by atoms with E-state index in [4.69, 9.17) is 16.3 Å². The van der Waals surface area contributed by atoms with E-state index in [1.807, 2.05) is 39.0 Å². The van der Waals surface area contributed by atoms with E-state index in [1.165, 1.54) is 5.56 Å². The van der Waals surface area contributed by atoms with Gasteiger partial charge in [0.25, 0.3) is 0 Å². The van der Waals surface area contributed by atoms with Gasteiger partial charge in [0.2, 0.25) is 0 Å². The van der Waals surface area contributed by atoms with Crippen molar-refractivity contribution in [3.05, 3.63) is 76.3 Å². The van der Waals surface area contributed by atoms with Crippen molar-refractivity contribution < 1.29 is 9.53 Å². The van der Waals surface area contributed by atoms with Crippen molar-refractivity contribution in [1.82, 2.24) is 19.7 Å². The van der Waals surface area contributed by atoms with E-state index in [9.17, 15) is 4.79 Å². The van der Waals surface area contributed by atoms with Crippen molar-refractivity contribution in [1.29, 1.82) is 0 Å². The molecule has 0 atom stereocenters. The van der Waals surface area contributed by atoms with E-state index in [1.54, 1.807) is 4.90 Å². The summed E-state index contributed by atoms with van der Waals surface area (Å²) in [5, 5.41) is 9.84. The Morgan fingerprint density at radius 2 is 1.68 bits per heavy atom. The quantitative estimate of drug-likeness (QED) is 0.415. The van der Waals surface area contributed by atoms with Crippen LogP contribution >= 0.6 is 11.6 Å². The first-order valence-electron chi connectivity index (χ1n) is 12.0. The standard InChI is InChI=1S/C27H31ClN4O2/c1-27(2,3)34-26(33)31-16-21-15-22(28)13-14-23(21)32-24(17-31)29-30-25(32)20-11-9-19(10-12-20)18-7-5-4-6-8-18/h4-8,13-15,19-20H,9-12,16-17H2,1-3H3. The molecule has 1 saturated carbocycles. The zero-order valence-electron chi connectivity index (χ0n) is 20.0. The number of amides is 1. The molecular formula is C27H31ClN4O2. The van der Waals surface area contributed by atoms with Crippen LogP contribution in [0.3, 0.4) is 0 Å². The highest BCUT2D eigenvalue weighted by Crippen LogP contribution is 2.41. The number of fused-ring (bicyclic) bond motifs is 3. The largest absolute Gasteiger partial charge is 0.444 e. The normalized spacial score (nSPS) is 20.3. The summed E-state index contributed by atoms with van der Waals surface area (Å²) in [5.41, 5.74) is 2.82. The monoisotopic (exact) mass is 478 g/mol. The van der Waals surface area contributed by atoms with Crippen LogP contribution in [-0.2, 0) is 17.8 Å². The number of ether oxygens (including phenoxy) is 1. The molecule has 2 aromatic carbocycles. The highest BCUT2D eigenvalue weighted by atomic mass is 35.5. The van der Waals surface area contributed by atoms with Crippen LogP contribution in [-0.4, -0.2) is 31.4 Å². The first-order valence-corrected chi connectivity index (χ1v) is 12.4. The molecule has 6 nitrogen and oxygen atoms in total. The molecule has 0 spiro atoms. The summed E-state index contributed by atoms with van der Waals surface area (Å²) in [7, 11) is 0. The fraction of sp³-hybridized carbons (Fsp3) is 0.444. The second-order valence-corrected chi connectivity index (χ2v) is 10.8. The highest BCUT2D eigenvalue weighted by molar-refractivity contribution is 6.30. The topological polar surface area (TPSA) is 60.2 Å². The van der Waals surface area contributed by atoms with E-state index < -0.39 is 5.60 Å². The molecule has 1 amide bonds. The van der Waals surface area contributed by atoms with Gasteiger partial charge in [-0.3, -0.25) is 9.47 Å². The van der Waals surface area contributed by atoms with Crippen LogP contribution in [0.2, 0.25) is 5.02 Å². The number of hydrogen-bond acceptors (Lipinski definition) is 4. The molecule has 1 aliphatic carbocycles. The third-order valence-corrected chi connectivity index (χ3v) is 6.98. The minimum Gasteiger partial charge on any atom is -0.444 e. The lowest BCUT2D eigenvalue weighted by Gasteiger charge is -2.28. The van der Waals surface area contributed by atoms with Gasteiger partial charge in [0.1, 0.15) is 11.4 Å². The number of rotatable bonds is 2. The molecule has 0 N–H and O–H groups in total. The van der Waals surface area contributed by atoms with Crippen LogP contribution in [0.4, 0.5) is 4.79 Å². The van der Waals surface area contributed by atoms with Gasteiger partial charge >= 0.3 is 6.09 Å². The smallest absolute Gasteiger partial charge is 0.411 e. The second kappa shape index (κ2) is 9.06. The Balaban J connectivity index is 1.45. The van der Waals surface area contributed by atoms with Crippen LogP contribution in [0.1, 0.15) is 81.1 Å². The predicted molar refractivity (Wildman–Crippen MR) is 132 cm³/mol. The maximum absolute atomic E-state index is 13.0. The van der Waals surface area contributed by atoms with Gasteiger partial charge in [-0.2, -0.15) is 0 Å². The van der Waals surface area contributed by atoms with E-state index in [-0.39, 0.29) is 6.09 Å². The number of halogens is 1. The van der Waals surface area contributed by atoms with Gasteiger partial charge in [-0.15, -0.1) is 10.2 Å². The Morgan fingerprint density at radius 1 is 0.971 bits per heavy atom. The third-order valence-electron chi connectivity index (χ3n) is 6.75. The SMILES string of the molecule is CC(C)(C)OC(=O)N1Cc2cc(Cl)ccc2-n2c(nnc2C2CCC(c3ccccc3)CC2)C1. The highest BCUT2D eigenvalue weighted by Gasteiger charge is 2.33. The van der Waals surface area contributed by atoms with Gasteiger partial charge in [0.15, 0.2) is 5.82 Å². The van der Waals surface area contributed by atoms with Crippen molar-refractivity contribution >= 4 is 17.7 Å². The Labute approximate surface area is 205 Å². The fourth-order valence-corrected chi connectivity index (χ4v) is 5.35. The van der Waals surface area contributed by atoms with Gasteiger partial charge < -0.3 is 4.74 Å². The molecule has 1 aromatic heterocycles. The molecule has 1 fully saturated rings. The Bertz CT molecular complexity index is 1180. The van der Waals surface area contributed by atoms with Crippen LogP contribution < -0.4 is 0 Å². The minimum atomic E-state index is -0.573. The molecule has 0 saturated heterocycles. The maximum atomic E-state index is 13.0. The molecule has 0 unspecified atom stereocenters. The molecule has 7 heteroatoms. The minimum absolute atomic E-state index is 0.331. The van der Waals surface area contributed by atoms with Crippen molar-refractivity contribution in [2.75, 3.05) is 0 Å². The summed E-state index contributed by atoms with van der Waals surface area (Å²) in [4.78, 5) is 14.6. The molecule has 1 aliphatic heterocycles. The summed E-state index contributed by atoms with van der Waals surface area (Å²) >= 11 is 6.35. The molecule has 0 bridgehead atoms. The van der Waals surface area contributed by atoms with Crippen LogP contribution in [0.25, 0.3) is 5.69 Å². The first kappa shape index (κ1) is 22.9. The summed E-state index contributed by atoms with van der Waals surface area (Å²) in [6, 6.07) is 16.6. The lowest BCUT2D eigenvalue weighted by molar-refractivity contribution is 0.0214. The first-order chi connectivity index (χ1) is 16.3. The van der Waals surface area contributed by atoms with Gasteiger partial charge in [-0.1, -0.05) is 41.9 Å². The molecule has 2 aliphatic rings. The second-order valence-electron chi connectivity index (χ2n) is 10.4. The molecular weight excluding hydrogens is 448 g/mol. The lowest BCUT2D eigenvalue weighted by atomic mass is 9.78. The fourth-order valence-electron chi connectivity index (χ4n) is 5.16. The Hall–Kier alpha value is -2.86. The number of carbonyl (C=O) groups is 1. The number of aromatic nitrogens is 3. The van der Waals surface area contributed by atoms with Crippen molar-refractivity contribution in [3.63, 3.8) is 0 Å². The summed E-state index contributed by atoms with van der Waals surface area (Å²) in [5.74, 6) is 2.67. The Morgan fingerprint density at radius 3 is 2.38 bits per heavy atom. The molecule has 178 valence electrons. The Kier molecular flexibility index (Phi) is 6.11. The van der Waals surface area contributed by atoms with E-state index in [0.717, 1.165) is 48.6 Å². The van der Waals surface area contributed by atoms with E-state index in [0.29, 0.717) is 29.9 Å². The molecule has 34 heavy (non-hydrogen) atoms. The van der Waals surface area contributed by atoms with Crippen molar-refractivity contribution in [3.8, 4) is 5.69 Å². The predicted octanol–water partition coefficient (Wildman–Crippen LogP) is 6.61. The lowest BCUT2D eigenvalue weighted by Crippen LogP contribution is -2.35. The zero-order chi connectivity index (χ0) is 23.9. The summed E-state index contributed by atoms with van der Waals surface area (Å²) < 4.78 is 7.82. The van der Waals surface area contributed by atoms with E-state index in [2.05, 4.69) is 45.1 Å². The third kappa shape index (κ3) is 4.69. The number of carbonyl (C=O) groups excluding carboxylic acids is 1. The summed E-state index contributed by atoms with van der Waals surface area (Å²) in [6.07, 6.45) is 4.04. The molecule has 5 rings (SSSR count). The van der Waals surface area contributed by atoms with E-state index >= 15 is 0 Å². The average Bonchev–Trinajstić information content (AvgIpc) is 3.14. The average molecular weight is 479 g/mol.